The molecule has 6 rings (SSSR count). The van der Waals surface area contributed by atoms with Crippen molar-refractivity contribution >= 4 is 17.1 Å². The molecule has 0 aliphatic rings. The summed E-state index contributed by atoms with van der Waals surface area (Å²) in [5, 5.41) is 6.97. The second-order valence-corrected chi connectivity index (χ2v) is 10.1. The molecule has 1 amide bonds. The van der Waals surface area contributed by atoms with Gasteiger partial charge in [-0.25, -0.2) is 28.2 Å². The lowest BCUT2D eigenvalue weighted by molar-refractivity contribution is 0.102. The summed E-state index contributed by atoms with van der Waals surface area (Å²) in [5.41, 5.74) is 0.946. The van der Waals surface area contributed by atoms with E-state index in [1.54, 1.807) is 49.1 Å². The first-order valence-electron chi connectivity index (χ1n) is 13.2. The number of anilines is 1. The molecular formula is C30H25FN8O4. The number of benzene rings is 1. The summed E-state index contributed by atoms with van der Waals surface area (Å²) < 4.78 is 25.2. The zero-order valence-corrected chi connectivity index (χ0v) is 23.3. The molecule has 1 aromatic carbocycles. The molecule has 0 saturated heterocycles. The molecule has 0 radical (unpaired) electrons. The molecule has 216 valence electrons. The number of hydrogen-bond acceptors (Lipinski definition) is 7. The Kier molecular flexibility index (Phi) is 6.90. The van der Waals surface area contributed by atoms with E-state index in [0.29, 0.717) is 11.4 Å². The Morgan fingerprint density at radius 2 is 1.79 bits per heavy atom. The Balaban J connectivity index is 1.27. The summed E-state index contributed by atoms with van der Waals surface area (Å²) in [6, 6.07) is 11.3. The molecule has 0 atom stereocenters. The van der Waals surface area contributed by atoms with Gasteiger partial charge in [-0.15, -0.1) is 0 Å². The monoisotopic (exact) mass is 580 g/mol. The van der Waals surface area contributed by atoms with Crippen LogP contribution in [0, 0.1) is 5.82 Å². The molecule has 0 fully saturated rings. The van der Waals surface area contributed by atoms with Crippen LogP contribution in [0.15, 0.2) is 95.4 Å². The number of pyridine rings is 2. The fraction of sp³-hybridized carbons (Fsp3) is 0.133. The molecular weight excluding hydrogens is 555 g/mol. The molecule has 0 saturated carbocycles. The van der Waals surface area contributed by atoms with Gasteiger partial charge in [-0.1, -0.05) is 0 Å². The molecule has 5 heterocycles. The number of amides is 1. The van der Waals surface area contributed by atoms with E-state index in [9.17, 15) is 18.8 Å². The van der Waals surface area contributed by atoms with Gasteiger partial charge in [-0.05, 0) is 56.3 Å². The van der Waals surface area contributed by atoms with Crippen molar-refractivity contribution in [1.29, 1.82) is 0 Å². The first-order chi connectivity index (χ1) is 20.7. The summed E-state index contributed by atoms with van der Waals surface area (Å²) in [7, 11) is 1.88. The van der Waals surface area contributed by atoms with Crippen molar-refractivity contribution in [2.75, 3.05) is 5.32 Å². The fourth-order valence-corrected chi connectivity index (χ4v) is 4.52. The molecule has 0 bridgehead atoms. The number of ether oxygens (including phenoxy) is 1. The third-order valence-corrected chi connectivity index (χ3v) is 6.68. The standard InChI is InChI=1S/C30H25FN8O4/c1-18(2)37-15-23(29(41)39(30(37)42)22-7-4-20(31)5-8-22)28(40)35-21-6-9-27(32-13-21)43-26-12-19(24-16-36(3)17-33-24)14-38-25(26)10-11-34-38/h4-18H,1-3H3,(H,35,40). The molecule has 0 aliphatic carbocycles. The normalized spacial score (nSPS) is 11.3. The van der Waals surface area contributed by atoms with Crippen LogP contribution in [0.1, 0.15) is 30.2 Å². The first kappa shape index (κ1) is 27.3. The zero-order chi connectivity index (χ0) is 30.2. The average Bonchev–Trinajstić information content (AvgIpc) is 3.64. The van der Waals surface area contributed by atoms with Crippen molar-refractivity contribution in [3.63, 3.8) is 0 Å². The summed E-state index contributed by atoms with van der Waals surface area (Å²) in [4.78, 5) is 48.3. The van der Waals surface area contributed by atoms with Crippen LogP contribution in [0.2, 0.25) is 0 Å². The van der Waals surface area contributed by atoms with Crippen LogP contribution in [-0.4, -0.2) is 39.2 Å². The minimum Gasteiger partial charge on any atom is -0.437 e. The van der Waals surface area contributed by atoms with E-state index in [2.05, 4.69) is 20.4 Å². The van der Waals surface area contributed by atoms with E-state index in [4.69, 9.17) is 4.74 Å². The lowest BCUT2D eigenvalue weighted by Gasteiger charge is -2.15. The van der Waals surface area contributed by atoms with Gasteiger partial charge < -0.3 is 14.6 Å². The topological polar surface area (TPSA) is 130 Å². The number of nitrogens with one attached hydrogen (secondary N) is 1. The SMILES string of the molecule is CC(C)n1cc(C(=O)Nc2ccc(Oc3cc(-c4cn(C)cn4)cn4nccc34)nc2)c(=O)n(-c2ccc(F)cc2)c1=O. The number of fused-ring (bicyclic) bond motifs is 1. The van der Waals surface area contributed by atoms with Gasteiger partial charge in [0.2, 0.25) is 5.88 Å². The van der Waals surface area contributed by atoms with Gasteiger partial charge in [0.1, 0.15) is 16.9 Å². The van der Waals surface area contributed by atoms with Gasteiger partial charge in [0, 0.05) is 43.3 Å². The van der Waals surface area contributed by atoms with Crippen LogP contribution in [0.25, 0.3) is 22.5 Å². The van der Waals surface area contributed by atoms with E-state index in [1.165, 1.54) is 29.1 Å². The number of aromatic nitrogens is 7. The lowest BCUT2D eigenvalue weighted by Crippen LogP contribution is -2.42. The van der Waals surface area contributed by atoms with E-state index >= 15 is 0 Å². The van der Waals surface area contributed by atoms with Crippen LogP contribution < -0.4 is 21.3 Å². The first-order valence-corrected chi connectivity index (χ1v) is 13.2. The molecule has 0 aliphatic heterocycles. The van der Waals surface area contributed by atoms with Gasteiger partial charge in [0.25, 0.3) is 11.5 Å². The van der Waals surface area contributed by atoms with Gasteiger partial charge in [0.05, 0.1) is 35.8 Å². The Labute approximate surface area is 243 Å². The molecule has 0 spiro atoms. The fourth-order valence-electron chi connectivity index (χ4n) is 4.52. The predicted molar refractivity (Wildman–Crippen MR) is 156 cm³/mol. The summed E-state index contributed by atoms with van der Waals surface area (Å²) in [6.45, 7) is 3.49. The highest BCUT2D eigenvalue weighted by molar-refractivity contribution is 6.03. The van der Waals surface area contributed by atoms with Gasteiger partial charge in [-0.2, -0.15) is 5.10 Å². The number of hydrogen-bond donors (Lipinski definition) is 1. The van der Waals surface area contributed by atoms with E-state index < -0.39 is 23.0 Å². The summed E-state index contributed by atoms with van der Waals surface area (Å²) >= 11 is 0. The third-order valence-electron chi connectivity index (χ3n) is 6.68. The Morgan fingerprint density at radius 3 is 2.47 bits per heavy atom. The van der Waals surface area contributed by atoms with E-state index in [1.807, 2.05) is 30.1 Å². The quantitative estimate of drug-likeness (QED) is 0.299. The van der Waals surface area contributed by atoms with Crippen molar-refractivity contribution < 1.29 is 13.9 Å². The van der Waals surface area contributed by atoms with E-state index in [-0.39, 0.29) is 23.2 Å². The van der Waals surface area contributed by atoms with Gasteiger partial charge in [0.15, 0.2) is 5.75 Å². The molecule has 5 aromatic heterocycles. The second-order valence-electron chi connectivity index (χ2n) is 10.1. The highest BCUT2D eigenvalue weighted by Crippen LogP contribution is 2.30. The maximum absolute atomic E-state index is 13.5. The van der Waals surface area contributed by atoms with Crippen LogP contribution in [0.4, 0.5) is 10.1 Å². The Hall–Kier alpha value is -5.85. The van der Waals surface area contributed by atoms with Crippen molar-refractivity contribution in [3.8, 4) is 28.6 Å². The minimum absolute atomic E-state index is 0.142. The van der Waals surface area contributed by atoms with Crippen LogP contribution in [-0.2, 0) is 7.05 Å². The average molecular weight is 581 g/mol. The largest absolute Gasteiger partial charge is 0.437 e. The van der Waals surface area contributed by atoms with Crippen molar-refractivity contribution in [2.45, 2.75) is 19.9 Å². The number of halogens is 1. The molecule has 43 heavy (non-hydrogen) atoms. The Bertz CT molecular complexity index is 2090. The maximum atomic E-state index is 13.5. The second kappa shape index (κ2) is 10.9. The summed E-state index contributed by atoms with van der Waals surface area (Å²) in [5.74, 6) is -0.506. The Morgan fingerprint density at radius 1 is 1.00 bits per heavy atom. The number of rotatable bonds is 7. The van der Waals surface area contributed by atoms with Gasteiger partial charge in [-0.3, -0.25) is 14.2 Å². The van der Waals surface area contributed by atoms with Crippen LogP contribution in [0.5, 0.6) is 11.6 Å². The predicted octanol–water partition coefficient (Wildman–Crippen LogP) is 4.21. The van der Waals surface area contributed by atoms with Crippen LogP contribution >= 0.6 is 0 Å². The maximum Gasteiger partial charge on any atom is 0.335 e. The number of imidazole rings is 1. The highest BCUT2D eigenvalue weighted by Gasteiger charge is 2.20. The molecule has 1 N–H and O–H groups in total. The molecule has 6 aromatic rings. The minimum atomic E-state index is -0.837. The number of aryl methyl sites for hydroxylation is 1. The molecule has 13 heteroatoms. The lowest BCUT2D eigenvalue weighted by atomic mass is 10.2. The highest BCUT2D eigenvalue weighted by atomic mass is 19.1. The smallest absolute Gasteiger partial charge is 0.335 e. The number of nitrogens with zero attached hydrogens (tertiary/aromatic N) is 7. The molecule has 12 nitrogen and oxygen atoms in total. The number of carbonyl (C=O) groups excluding carboxylic acids is 1. The summed E-state index contributed by atoms with van der Waals surface area (Å²) in [6.07, 6.45) is 9.70. The van der Waals surface area contributed by atoms with Gasteiger partial charge >= 0.3 is 5.69 Å². The van der Waals surface area contributed by atoms with Crippen molar-refractivity contribution in [1.82, 2.24) is 33.3 Å². The zero-order valence-electron chi connectivity index (χ0n) is 23.3. The molecule has 0 unspecified atom stereocenters. The van der Waals surface area contributed by atoms with Crippen molar-refractivity contribution in [2.24, 2.45) is 7.05 Å². The third kappa shape index (κ3) is 5.30. The van der Waals surface area contributed by atoms with E-state index in [0.717, 1.165) is 33.5 Å². The number of carbonyl (C=O) groups is 1. The van der Waals surface area contributed by atoms with Crippen LogP contribution in [0.3, 0.4) is 0 Å². The van der Waals surface area contributed by atoms with Crippen molar-refractivity contribution in [3.05, 3.63) is 118 Å².